The highest BCUT2D eigenvalue weighted by Gasteiger charge is 2.34. The maximum Gasteiger partial charge on any atom is 0.477 e. The minimum Gasteiger partial charge on any atom is -0.281 e. The molecule has 0 spiro atoms. The second-order valence-electron chi connectivity index (χ2n) is 5.09. The molecule has 8 heteroatoms. The van der Waals surface area contributed by atoms with E-state index in [-0.39, 0.29) is 18.3 Å². The molecular formula is C10H16Cl2NO5+. The summed E-state index contributed by atoms with van der Waals surface area (Å²) in [4.78, 5) is 42.3. The lowest BCUT2D eigenvalue weighted by atomic mass is 9.97. The zero-order valence-electron chi connectivity index (χ0n) is 10.7. The lowest BCUT2D eigenvalue weighted by molar-refractivity contribution is -0.983. The molecule has 0 amide bonds. The molecule has 0 aliphatic rings. The van der Waals surface area contributed by atoms with Crippen molar-refractivity contribution >= 4 is 33.7 Å². The predicted molar refractivity (Wildman–Crippen MR) is 64.8 cm³/mol. The van der Waals surface area contributed by atoms with Crippen LogP contribution in [0.25, 0.3) is 0 Å². The van der Waals surface area contributed by atoms with E-state index >= 15 is 0 Å². The van der Waals surface area contributed by atoms with Gasteiger partial charge in [0.2, 0.25) is 10.5 Å². The maximum absolute atomic E-state index is 11.1. The normalized spacial score (nSPS) is 11.9. The van der Waals surface area contributed by atoms with Gasteiger partial charge in [0.05, 0.1) is 10.8 Å². The first-order valence-corrected chi connectivity index (χ1v) is 5.87. The van der Waals surface area contributed by atoms with Crippen LogP contribution in [0.15, 0.2) is 0 Å². The largest absolute Gasteiger partial charge is 0.477 e. The average Bonchev–Trinajstić information content (AvgIpc) is 2.23. The lowest BCUT2D eigenvalue weighted by Gasteiger charge is -2.16. The molecule has 0 aromatic carbocycles. The van der Waals surface area contributed by atoms with Gasteiger partial charge in [-0.05, 0) is 50.9 Å². The van der Waals surface area contributed by atoms with Crippen LogP contribution in [0.3, 0.4) is 0 Å². The molecule has 0 saturated heterocycles. The second-order valence-corrected chi connectivity index (χ2v) is 5.77. The van der Waals surface area contributed by atoms with Gasteiger partial charge in [0.25, 0.3) is 0 Å². The summed E-state index contributed by atoms with van der Waals surface area (Å²) in [5.41, 5.74) is -2.02. The summed E-state index contributed by atoms with van der Waals surface area (Å²) in [6, 6.07) is 0. The zero-order chi connectivity index (χ0) is 14.6. The van der Waals surface area contributed by atoms with E-state index in [0.717, 1.165) is 0 Å². The predicted octanol–water partition coefficient (Wildman–Crippen LogP) is 2.21. The molecule has 6 nitrogen and oxygen atoms in total. The maximum atomic E-state index is 11.1. The van der Waals surface area contributed by atoms with Crippen LogP contribution in [0, 0.1) is 15.7 Å². The Kier molecular flexibility index (Phi) is 6.02. The van der Waals surface area contributed by atoms with Gasteiger partial charge in [-0.1, -0.05) is 0 Å². The first-order valence-electron chi connectivity index (χ1n) is 5.12. The van der Waals surface area contributed by atoms with Crippen molar-refractivity contribution in [1.29, 1.82) is 0 Å². The molecule has 0 N–H and O–H groups in total. The highest BCUT2D eigenvalue weighted by Crippen LogP contribution is 2.21. The van der Waals surface area contributed by atoms with Crippen molar-refractivity contribution in [3.05, 3.63) is 4.91 Å². The minimum atomic E-state index is -1.01. The van der Waals surface area contributed by atoms with Gasteiger partial charge in [-0.15, -0.1) is 0 Å². The van der Waals surface area contributed by atoms with E-state index in [1.54, 1.807) is 0 Å². The molecule has 0 unspecified atom stereocenters. The monoisotopic (exact) mass is 300 g/mol. The topological polar surface area (TPSA) is 72.7 Å². The van der Waals surface area contributed by atoms with E-state index in [1.165, 1.54) is 27.7 Å². The summed E-state index contributed by atoms with van der Waals surface area (Å²) in [6.45, 7) is 5.58. The molecule has 0 saturated carbocycles. The Labute approximate surface area is 115 Å². The Bertz CT molecular complexity index is 322. The highest BCUT2D eigenvalue weighted by molar-refractivity contribution is 6.64. The summed E-state index contributed by atoms with van der Waals surface area (Å²) in [6.07, 6.45) is 0. The van der Waals surface area contributed by atoms with Crippen molar-refractivity contribution in [3.8, 4) is 0 Å². The number of halogens is 2. The van der Waals surface area contributed by atoms with Crippen molar-refractivity contribution in [2.24, 2.45) is 10.8 Å². The third-order valence-corrected chi connectivity index (χ3v) is 3.15. The smallest absolute Gasteiger partial charge is 0.281 e. The molecule has 0 aromatic heterocycles. The Morgan fingerprint density at radius 2 is 1.22 bits per heavy atom. The van der Waals surface area contributed by atoms with Gasteiger partial charge in [0.1, 0.15) is 4.91 Å². The van der Waals surface area contributed by atoms with Crippen molar-refractivity contribution in [2.75, 3.05) is 13.2 Å². The van der Waals surface area contributed by atoms with Crippen LogP contribution >= 0.6 is 23.2 Å². The van der Waals surface area contributed by atoms with Crippen LogP contribution in [0.4, 0.5) is 0 Å². The van der Waals surface area contributed by atoms with Crippen molar-refractivity contribution in [2.45, 2.75) is 27.7 Å². The Hall–Kier alpha value is -0.880. The van der Waals surface area contributed by atoms with Gasteiger partial charge in [-0.3, -0.25) is 9.59 Å². The fraction of sp³-hybridized carbons (Fsp3) is 0.800. The molecule has 0 atom stereocenters. The molecule has 0 heterocycles. The number of carbonyl (C=O) groups is 2. The van der Waals surface area contributed by atoms with E-state index in [0.29, 0.717) is 0 Å². The number of hydrogen-bond acceptors (Lipinski definition) is 5. The first-order chi connectivity index (χ1) is 7.99. The van der Waals surface area contributed by atoms with Crippen molar-refractivity contribution in [1.82, 2.24) is 0 Å². The van der Waals surface area contributed by atoms with E-state index in [2.05, 4.69) is 9.68 Å². The van der Waals surface area contributed by atoms with Crippen LogP contribution in [-0.2, 0) is 19.3 Å². The molecule has 18 heavy (non-hydrogen) atoms. The molecule has 0 rings (SSSR count). The third kappa shape index (κ3) is 5.64. The van der Waals surface area contributed by atoms with Crippen LogP contribution < -0.4 is 0 Å². The Morgan fingerprint density at radius 3 is 1.44 bits per heavy atom. The lowest BCUT2D eigenvalue weighted by Crippen LogP contribution is -2.31. The van der Waals surface area contributed by atoms with Crippen molar-refractivity contribution in [3.63, 3.8) is 0 Å². The molecule has 104 valence electrons. The Balaban J connectivity index is 4.16. The van der Waals surface area contributed by atoms with Crippen LogP contribution in [0.5, 0.6) is 0 Å². The number of rotatable bonds is 8. The number of nitrogens with zero attached hydrogens (tertiary/aromatic N) is 1. The van der Waals surface area contributed by atoms with E-state index in [1.807, 2.05) is 0 Å². The van der Waals surface area contributed by atoms with Crippen molar-refractivity contribution < 1.29 is 24.4 Å². The van der Waals surface area contributed by atoms with Gasteiger partial charge >= 0.3 is 5.09 Å². The summed E-state index contributed by atoms with van der Waals surface area (Å²) >= 11 is 10.6. The fourth-order valence-corrected chi connectivity index (χ4v) is 0.688. The quantitative estimate of drug-likeness (QED) is 0.507. The molecule has 0 aromatic rings. The average molecular weight is 301 g/mol. The fourth-order valence-electron chi connectivity index (χ4n) is 0.579. The van der Waals surface area contributed by atoms with Gasteiger partial charge in [0, 0.05) is 0 Å². The molecular weight excluding hydrogens is 285 g/mol. The summed E-state index contributed by atoms with van der Waals surface area (Å²) in [7, 11) is 0. The number of hydrogen-bond donors (Lipinski definition) is 0. The van der Waals surface area contributed by atoms with Crippen LogP contribution in [-0.4, -0.2) is 28.8 Å². The zero-order valence-corrected chi connectivity index (χ0v) is 12.2. The standard InChI is InChI=1S/C10H16Cl2NO5/c1-9(2,7(11)14)5-17-13(16)18-6-10(3,4)8(12)15/h5-6H2,1-4H3/q+1. The highest BCUT2D eigenvalue weighted by atomic mass is 35.5. The molecule has 0 fully saturated rings. The molecule has 0 bridgehead atoms. The van der Waals surface area contributed by atoms with E-state index in [4.69, 9.17) is 23.2 Å². The van der Waals surface area contributed by atoms with Gasteiger partial charge in [0.15, 0.2) is 13.2 Å². The van der Waals surface area contributed by atoms with Gasteiger partial charge in [-0.25, -0.2) is 0 Å². The SMILES string of the molecule is CC(C)(CO[N+](=O)OCC(C)(C)C(=O)Cl)C(=O)Cl. The third-order valence-electron chi connectivity index (χ3n) is 2.13. The molecule has 0 aliphatic carbocycles. The van der Waals surface area contributed by atoms with Crippen LogP contribution in [0.2, 0.25) is 0 Å². The second kappa shape index (κ2) is 6.33. The number of carbonyl (C=O) groups excluding carboxylic acids is 2. The van der Waals surface area contributed by atoms with Gasteiger partial charge < -0.3 is 0 Å². The Morgan fingerprint density at radius 1 is 0.944 bits per heavy atom. The van der Waals surface area contributed by atoms with E-state index in [9.17, 15) is 14.5 Å². The minimum absolute atomic E-state index is 0.164. The summed E-state index contributed by atoms with van der Waals surface area (Å²) < 4.78 is 0. The van der Waals surface area contributed by atoms with Gasteiger partial charge in [-0.2, -0.15) is 9.68 Å². The summed E-state index contributed by atoms with van der Waals surface area (Å²) in [5, 5.41) is -1.43. The first kappa shape index (κ1) is 17.1. The summed E-state index contributed by atoms with van der Waals surface area (Å²) in [5.74, 6) is 0. The van der Waals surface area contributed by atoms with Crippen LogP contribution in [0.1, 0.15) is 27.7 Å². The molecule has 0 aliphatic heterocycles. The molecule has 0 radical (unpaired) electrons. The van der Waals surface area contributed by atoms with E-state index < -0.39 is 21.3 Å².